The summed E-state index contributed by atoms with van der Waals surface area (Å²) in [6.07, 6.45) is 3.29. The van der Waals surface area contributed by atoms with E-state index in [1.165, 1.54) is 21.3 Å². The van der Waals surface area contributed by atoms with Crippen LogP contribution in [0.5, 0.6) is 0 Å². The molecule has 10 nitrogen and oxygen atoms in total. The Hall–Kier alpha value is -4.45. The number of amides is 1. The third-order valence-electron chi connectivity index (χ3n) is 6.52. The van der Waals surface area contributed by atoms with Gasteiger partial charge in [0.1, 0.15) is 22.4 Å². The number of nitrogens with zero attached hydrogens (tertiary/aromatic N) is 6. The number of carbonyl (C=O) groups excluding carboxylic acids is 1. The van der Waals surface area contributed by atoms with Crippen LogP contribution in [0.1, 0.15) is 39.8 Å². The van der Waals surface area contributed by atoms with E-state index >= 15 is 4.39 Å². The highest BCUT2D eigenvalue weighted by Crippen LogP contribution is 2.27. The van der Waals surface area contributed by atoms with Crippen LogP contribution < -0.4 is 10.9 Å². The lowest BCUT2D eigenvalue weighted by Crippen LogP contribution is -2.24. The molecule has 12 heteroatoms. The molecule has 1 amide bonds. The van der Waals surface area contributed by atoms with Crippen molar-refractivity contribution in [1.82, 2.24) is 39.6 Å². The molecule has 4 aromatic heterocycles. The smallest absolute Gasteiger partial charge is 0.274 e. The van der Waals surface area contributed by atoms with Gasteiger partial charge in [0, 0.05) is 49.1 Å². The zero-order valence-corrected chi connectivity index (χ0v) is 20.0. The van der Waals surface area contributed by atoms with Gasteiger partial charge in [0.25, 0.3) is 11.5 Å². The van der Waals surface area contributed by atoms with Gasteiger partial charge in [-0.15, -0.1) is 0 Å². The number of aromatic nitrogens is 6. The minimum Gasteiger partial charge on any atom is -0.351 e. The Morgan fingerprint density at radius 3 is 2.78 bits per heavy atom. The fourth-order valence-electron chi connectivity index (χ4n) is 4.76. The van der Waals surface area contributed by atoms with Crippen LogP contribution in [-0.2, 0) is 19.6 Å². The van der Waals surface area contributed by atoms with Crippen LogP contribution >= 0.6 is 0 Å². The van der Waals surface area contributed by atoms with E-state index in [-0.39, 0.29) is 16.9 Å². The first-order valence-corrected chi connectivity index (χ1v) is 11.8. The summed E-state index contributed by atoms with van der Waals surface area (Å²) in [6, 6.07) is 6.36. The Balaban J connectivity index is 1.23. The molecule has 0 bridgehead atoms. The second kappa shape index (κ2) is 8.59. The van der Waals surface area contributed by atoms with Gasteiger partial charge in [-0.2, -0.15) is 14.6 Å². The third kappa shape index (κ3) is 3.76. The van der Waals surface area contributed by atoms with Crippen LogP contribution in [-0.4, -0.2) is 46.7 Å². The first-order valence-electron chi connectivity index (χ1n) is 11.8. The maximum atomic E-state index is 15.4. The van der Waals surface area contributed by atoms with Crippen LogP contribution in [0.25, 0.3) is 22.2 Å². The summed E-state index contributed by atoms with van der Waals surface area (Å²) in [5, 5.41) is 11.3. The van der Waals surface area contributed by atoms with Gasteiger partial charge < -0.3 is 10.3 Å². The van der Waals surface area contributed by atoms with Gasteiger partial charge in [-0.05, 0) is 32.0 Å². The highest BCUT2D eigenvalue weighted by molar-refractivity contribution is 5.92. The Morgan fingerprint density at radius 2 is 2.03 bits per heavy atom. The number of aromatic amines is 1. The summed E-state index contributed by atoms with van der Waals surface area (Å²) < 4.78 is 32.9. The average Bonchev–Trinajstić information content (AvgIpc) is 3.55. The number of benzene rings is 1. The summed E-state index contributed by atoms with van der Waals surface area (Å²) in [6.45, 7) is 5.20. The molecule has 5 heterocycles. The van der Waals surface area contributed by atoms with E-state index in [4.69, 9.17) is 0 Å². The molecule has 6 rings (SSSR count). The van der Waals surface area contributed by atoms with Crippen molar-refractivity contribution in [3.05, 3.63) is 86.9 Å². The molecule has 1 aliphatic rings. The predicted octanol–water partition coefficient (Wildman–Crippen LogP) is 2.61. The topological polar surface area (TPSA) is 113 Å². The standard InChI is InChI=1S/C25H22F2N8O2/c1-3-28-24(36)16-5-7-19(23(27)30-16)34-11-15-10-33(12-17(15)32-34)9-14-4-6-18-21(20(14)26)31-25(37)22-13(2)8-29-35(18)22/h4-8,11H,3,9-10,12H2,1-2H3,(H,28,36)(H,31,37). The van der Waals surface area contributed by atoms with E-state index < -0.39 is 23.2 Å². The summed E-state index contributed by atoms with van der Waals surface area (Å²) >= 11 is 0. The molecule has 0 unspecified atom stereocenters. The van der Waals surface area contributed by atoms with E-state index in [0.29, 0.717) is 48.3 Å². The molecule has 188 valence electrons. The highest BCUT2D eigenvalue weighted by atomic mass is 19.1. The van der Waals surface area contributed by atoms with Gasteiger partial charge in [-0.3, -0.25) is 14.5 Å². The predicted molar refractivity (Wildman–Crippen MR) is 130 cm³/mol. The summed E-state index contributed by atoms with van der Waals surface area (Å²) in [7, 11) is 0. The van der Waals surface area contributed by atoms with Crippen LogP contribution in [0.4, 0.5) is 8.78 Å². The van der Waals surface area contributed by atoms with E-state index in [1.54, 1.807) is 38.4 Å². The highest BCUT2D eigenvalue weighted by Gasteiger charge is 2.25. The molecular formula is C25H22F2N8O2. The number of fused-ring (bicyclic) bond motifs is 4. The fourth-order valence-corrected chi connectivity index (χ4v) is 4.76. The summed E-state index contributed by atoms with van der Waals surface area (Å²) in [4.78, 5) is 32.8. The monoisotopic (exact) mass is 504 g/mol. The van der Waals surface area contributed by atoms with Crippen LogP contribution in [0, 0.1) is 18.7 Å². The molecule has 0 saturated heterocycles. The van der Waals surface area contributed by atoms with Crippen molar-refractivity contribution in [2.75, 3.05) is 6.54 Å². The Bertz CT molecular complexity index is 1750. The SMILES string of the molecule is CCNC(=O)c1ccc(-n2cc3c(n2)CN(Cc2ccc4c([nH]c(=O)c5c(C)cnn54)c2F)C3)c(F)n1. The molecule has 1 aliphatic heterocycles. The maximum absolute atomic E-state index is 15.4. The number of H-pyrrole nitrogens is 1. The lowest BCUT2D eigenvalue weighted by molar-refractivity contribution is 0.0949. The second-order valence-electron chi connectivity index (χ2n) is 9.03. The molecule has 0 aliphatic carbocycles. The van der Waals surface area contributed by atoms with Gasteiger partial charge in [0.2, 0.25) is 5.95 Å². The summed E-state index contributed by atoms with van der Waals surface area (Å²) in [5.41, 5.74) is 3.51. The molecule has 2 N–H and O–H groups in total. The van der Waals surface area contributed by atoms with Crippen molar-refractivity contribution < 1.29 is 13.6 Å². The average molecular weight is 505 g/mol. The Labute approximate surface area is 208 Å². The van der Waals surface area contributed by atoms with Gasteiger partial charge in [-0.1, -0.05) is 6.07 Å². The number of aryl methyl sites for hydroxylation is 1. The molecule has 0 fully saturated rings. The van der Waals surface area contributed by atoms with E-state index in [9.17, 15) is 14.0 Å². The molecule has 0 saturated carbocycles. The van der Waals surface area contributed by atoms with E-state index in [1.807, 2.05) is 4.90 Å². The lowest BCUT2D eigenvalue weighted by atomic mass is 10.1. The third-order valence-corrected chi connectivity index (χ3v) is 6.52. The minimum atomic E-state index is -0.796. The van der Waals surface area contributed by atoms with Gasteiger partial charge in [0.05, 0.1) is 17.4 Å². The van der Waals surface area contributed by atoms with Crippen molar-refractivity contribution in [3.63, 3.8) is 0 Å². The molecule has 5 aromatic rings. The first kappa shape index (κ1) is 23.0. The second-order valence-corrected chi connectivity index (χ2v) is 9.03. The number of rotatable bonds is 5. The van der Waals surface area contributed by atoms with Crippen LogP contribution in [0.15, 0.2) is 41.5 Å². The van der Waals surface area contributed by atoms with Crippen molar-refractivity contribution in [3.8, 4) is 5.69 Å². The fraction of sp³-hybridized carbons (Fsp3) is 0.240. The zero-order chi connectivity index (χ0) is 25.8. The maximum Gasteiger partial charge on any atom is 0.274 e. The van der Waals surface area contributed by atoms with Gasteiger partial charge >= 0.3 is 0 Å². The van der Waals surface area contributed by atoms with Crippen molar-refractivity contribution in [1.29, 1.82) is 0 Å². The van der Waals surface area contributed by atoms with Crippen LogP contribution in [0.3, 0.4) is 0 Å². The molecule has 1 aromatic carbocycles. The minimum absolute atomic E-state index is 0.00356. The van der Waals surface area contributed by atoms with Crippen molar-refractivity contribution >= 4 is 22.5 Å². The number of hydrogen-bond acceptors (Lipinski definition) is 6. The lowest BCUT2D eigenvalue weighted by Gasteiger charge is -2.16. The molecular weight excluding hydrogens is 482 g/mol. The number of carbonyl (C=O) groups is 1. The Morgan fingerprint density at radius 1 is 1.19 bits per heavy atom. The van der Waals surface area contributed by atoms with E-state index in [2.05, 4.69) is 25.5 Å². The Kier molecular flexibility index (Phi) is 5.33. The number of nitrogens with one attached hydrogen (secondary N) is 2. The number of hydrogen-bond donors (Lipinski definition) is 2. The number of halogens is 2. The molecule has 37 heavy (non-hydrogen) atoms. The number of pyridine rings is 1. The molecule has 0 spiro atoms. The largest absolute Gasteiger partial charge is 0.351 e. The normalized spacial score (nSPS) is 13.5. The van der Waals surface area contributed by atoms with E-state index in [0.717, 1.165) is 11.3 Å². The quantitative estimate of drug-likeness (QED) is 0.356. The van der Waals surface area contributed by atoms with Crippen LogP contribution in [0.2, 0.25) is 0 Å². The van der Waals surface area contributed by atoms with Gasteiger partial charge in [-0.25, -0.2) is 18.6 Å². The first-order chi connectivity index (χ1) is 17.8. The van der Waals surface area contributed by atoms with Crippen molar-refractivity contribution in [2.24, 2.45) is 0 Å². The molecule has 0 radical (unpaired) electrons. The van der Waals surface area contributed by atoms with Crippen molar-refractivity contribution in [2.45, 2.75) is 33.5 Å². The summed E-state index contributed by atoms with van der Waals surface area (Å²) in [5.74, 6) is -1.74. The van der Waals surface area contributed by atoms with Gasteiger partial charge in [0.15, 0.2) is 5.82 Å². The zero-order valence-electron chi connectivity index (χ0n) is 20.0. The molecule has 0 atom stereocenters.